The number of urea groups is 1. The molecule has 0 radical (unpaired) electrons. The van der Waals surface area contributed by atoms with Crippen LogP contribution in [0.2, 0.25) is 0 Å². The predicted molar refractivity (Wildman–Crippen MR) is 190 cm³/mol. The summed E-state index contributed by atoms with van der Waals surface area (Å²) >= 11 is 1.91. The van der Waals surface area contributed by atoms with Crippen LogP contribution in [0, 0.1) is 13.8 Å². The fourth-order valence-corrected chi connectivity index (χ4v) is 10.3. The summed E-state index contributed by atoms with van der Waals surface area (Å²) in [7, 11) is -8.80. The molecule has 0 unspecified atom stereocenters. The smallest absolute Gasteiger partial charge is 0.290 e. The Kier molecular flexibility index (Phi) is 7.63. The highest BCUT2D eigenvalue weighted by Gasteiger charge is 2.35. The number of benzene rings is 2. The van der Waals surface area contributed by atoms with Crippen LogP contribution in [0.5, 0.6) is 0 Å². The molecule has 2 amide bonds. The number of nitrogens with one attached hydrogen (secondary N) is 2. The summed E-state index contributed by atoms with van der Waals surface area (Å²) < 4.78 is 70.2. The van der Waals surface area contributed by atoms with Crippen molar-refractivity contribution in [1.82, 2.24) is 19.6 Å². The van der Waals surface area contributed by atoms with Gasteiger partial charge >= 0.3 is 26.3 Å². The van der Waals surface area contributed by atoms with E-state index in [1.165, 1.54) is 12.1 Å². The monoisotopic (exact) mass is 748 g/mol. The van der Waals surface area contributed by atoms with Crippen LogP contribution in [0.15, 0.2) is 69.1 Å². The highest BCUT2D eigenvalue weighted by atomic mass is 32.3. The van der Waals surface area contributed by atoms with Gasteiger partial charge in [0.25, 0.3) is 0 Å². The molecule has 13 nitrogen and oxygen atoms in total. The lowest BCUT2D eigenvalue weighted by Crippen LogP contribution is -2.21. The van der Waals surface area contributed by atoms with Crippen LogP contribution in [-0.2, 0) is 46.2 Å². The lowest BCUT2D eigenvalue weighted by atomic mass is 10.1. The number of carbonyl (C=O) groups excluding carboxylic acids is 1. The van der Waals surface area contributed by atoms with Gasteiger partial charge in [-0.3, -0.25) is 29.1 Å². The molecule has 0 saturated carbocycles. The molecule has 2 aliphatic rings. The largest absolute Gasteiger partial charge is 0.326 e. The van der Waals surface area contributed by atoms with E-state index in [0.717, 1.165) is 44.9 Å². The van der Waals surface area contributed by atoms with Crippen LogP contribution >= 0.6 is 22.7 Å². The topological polar surface area (TPSA) is 186 Å². The Bertz CT molecular complexity index is 2400. The molecule has 256 valence electrons. The van der Waals surface area contributed by atoms with Crippen LogP contribution in [-0.4, -0.2) is 51.5 Å². The number of hydrogen-bond donors (Lipinski definition) is 4. The molecule has 2 aromatic carbocycles. The molecule has 0 aliphatic heterocycles. The number of aromatic nitrogens is 4. The van der Waals surface area contributed by atoms with Crippen LogP contribution in [0.1, 0.15) is 44.5 Å². The molecule has 0 atom stereocenters. The minimum atomic E-state index is -4.40. The van der Waals surface area contributed by atoms with Crippen molar-refractivity contribution in [3.63, 3.8) is 0 Å². The van der Waals surface area contributed by atoms with E-state index >= 15 is 0 Å². The summed E-state index contributed by atoms with van der Waals surface area (Å²) in [4.78, 5) is 15.0. The molecule has 8 rings (SSSR count). The summed E-state index contributed by atoms with van der Waals surface area (Å²) in [5.41, 5.74) is 8.27. The van der Waals surface area contributed by atoms with Gasteiger partial charge < -0.3 is 0 Å². The number of rotatable bonds is 8. The van der Waals surface area contributed by atoms with E-state index in [4.69, 9.17) is 10.2 Å². The Morgan fingerprint density at radius 2 is 1.08 bits per heavy atom. The standard InChI is InChI=1S/C33H28N6O7S4/c1-17-3-7-19(8-4-17)15-38-27-23(11-21-13-25(47-29(21)27)49(41,42)43)31(36-38)34-33(40)35-32-24-12-22-14-26(50(44,45)46)48-30(22)28(24)39(37-32)16-20-9-5-18(2)6-10-20/h3-10,13-14H,11-12,15-16H2,1-2H3,(H,41,42,43)(H,44,45,46)(H2,34,35,36,37,40). The molecule has 0 saturated heterocycles. The van der Waals surface area contributed by atoms with E-state index in [-0.39, 0.29) is 8.42 Å². The molecule has 17 heteroatoms. The number of aryl methyl sites for hydroxylation is 2. The maximum absolute atomic E-state index is 13.6. The quantitative estimate of drug-likeness (QED) is 0.131. The second-order valence-corrected chi connectivity index (χ2v) is 17.8. The van der Waals surface area contributed by atoms with E-state index in [1.54, 1.807) is 9.36 Å². The van der Waals surface area contributed by atoms with Crippen molar-refractivity contribution < 1.29 is 30.7 Å². The van der Waals surface area contributed by atoms with Crippen molar-refractivity contribution in [2.24, 2.45) is 0 Å². The molecule has 4 N–H and O–H groups in total. The Labute approximate surface area is 294 Å². The lowest BCUT2D eigenvalue weighted by molar-refractivity contribution is 0.262. The van der Waals surface area contributed by atoms with Gasteiger partial charge in [-0.15, -0.1) is 22.7 Å². The third-order valence-electron chi connectivity index (χ3n) is 8.72. The first-order valence-corrected chi connectivity index (χ1v) is 19.8. The van der Waals surface area contributed by atoms with Gasteiger partial charge in [-0.25, -0.2) is 4.79 Å². The number of amides is 2. The average Bonchev–Trinajstić information content (AvgIpc) is 3.85. The maximum Gasteiger partial charge on any atom is 0.326 e. The molecule has 0 fully saturated rings. The first-order chi connectivity index (χ1) is 23.7. The number of thiophene rings is 2. The van der Waals surface area contributed by atoms with E-state index in [9.17, 15) is 30.7 Å². The Balaban J connectivity index is 1.12. The van der Waals surface area contributed by atoms with Gasteiger partial charge in [0.2, 0.25) is 0 Å². The van der Waals surface area contributed by atoms with Gasteiger partial charge in [0.15, 0.2) is 11.6 Å². The molecular weight excluding hydrogens is 721 g/mol. The molecule has 6 aromatic rings. The normalized spacial score (nSPS) is 13.2. The summed E-state index contributed by atoms with van der Waals surface area (Å²) in [6.07, 6.45) is 0.605. The zero-order valence-corrected chi connectivity index (χ0v) is 29.7. The van der Waals surface area contributed by atoms with Crippen molar-refractivity contribution in [3.8, 4) is 21.1 Å². The van der Waals surface area contributed by atoms with Crippen molar-refractivity contribution in [3.05, 3.63) is 105 Å². The Hall–Kier alpha value is -4.65. The van der Waals surface area contributed by atoms with Crippen molar-refractivity contribution in [1.29, 1.82) is 0 Å². The molecular formula is C33H28N6O7S4. The van der Waals surface area contributed by atoms with E-state index < -0.39 is 26.3 Å². The SMILES string of the molecule is Cc1ccc(Cn2nc(NC(=O)Nc3nn(Cc4ccc(C)cc4)c4c3Cc3cc(S(=O)(=O)O)sc3-4)c3c2-c2sc(S(=O)(=O)O)cc2C3)cc1. The molecule has 4 heterocycles. The second kappa shape index (κ2) is 11.7. The third kappa shape index (κ3) is 5.84. The third-order valence-corrected chi connectivity index (χ3v) is 13.7. The van der Waals surface area contributed by atoms with Crippen molar-refractivity contribution in [2.45, 2.75) is 48.2 Å². The molecule has 4 aromatic heterocycles. The summed E-state index contributed by atoms with van der Waals surface area (Å²) in [6.45, 7) is 4.69. The number of carbonyl (C=O) groups is 1. The first kappa shape index (κ1) is 32.5. The number of anilines is 2. The van der Waals surface area contributed by atoms with Crippen molar-refractivity contribution >= 4 is 60.6 Å². The van der Waals surface area contributed by atoms with Gasteiger partial charge in [0.1, 0.15) is 8.42 Å². The van der Waals surface area contributed by atoms with Crippen molar-refractivity contribution in [2.75, 3.05) is 10.6 Å². The van der Waals surface area contributed by atoms with Gasteiger partial charge in [0, 0.05) is 24.0 Å². The molecule has 50 heavy (non-hydrogen) atoms. The number of hydrogen-bond acceptors (Lipinski definition) is 9. The zero-order valence-electron chi connectivity index (χ0n) is 26.5. The van der Waals surface area contributed by atoms with Crippen LogP contribution in [0.25, 0.3) is 21.1 Å². The first-order valence-electron chi connectivity index (χ1n) is 15.3. The van der Waals surface area contributed by atoms with E-state index in [1.807, 2.05) is 62.4 Å². The minimum Gasteiger partial charge on any atom is -0.290 e. The maximum atomic E-state index is 13.6. The van der Waals surface area contributed by atoms with Gasteiger partial charge in [0.05, 0.1) is 34.2 Å². The number of fused-ring (bicyclic) bond motifs is 6. The second-order valence-electron chi connectivity index (χ2n) is 12.4. The van der Waals surface area contributed by atoms with Crippen LogP contribution in [0.3, 0.4) is 0 Å². The Morgan fingerprint density at radius 1 is 0.700 bits per heavy atom. The van der Waals surface area contributed by atoms with E-state index in [0.29, 0.717) is 81.0 Å². The average molecular weight is 749 g/mol. The van der Waals surface area contributed by atoms with Gasteiger partial charge in [-0.2, -0.15) is 27.0 Å². The van der Waals surface area contributed by atoms with Crippen LogP contribution < -0.4 is 10.6 Å². The minimum absolute atomic E-state index is 0.157. The summed E-state index contributed by atoms with van der Waals surface area (Å²) in [5, 5.41) is 15.2. The fourth-order valence-electron chi connectivity index (χ4n) is 6.36. The Morgan fingerprint density at radius 3 is 1.44 bits per heavy atom. The van der Waals surface area contributed by atoms with E-state index in [2.05, 4.69) is 10.6 Å². The van der Waals surface area contributed by atoms with Gasteiger partial charge in [-0.1, -0.05) is 59.7 Å². The molecule has 0 spiro atoms. The summed E-state index contributed by atoms with van der Waals surface area (Å²) in [6, 6.07) is 18.1. The predicted octanol–water partition coefficient (Wildman–Crippen LogP) is 6.20. The van der Waals surface area contributed by atoms with Gasteiger partial charge in [-0.05, 0) is 48.2 Å². The highest BCUT2D eigenvalue weighted by Crippen LogP contribution is 2.48. The fraction of sp³-hybridized carbons (Fsp3) is 0.182. The lowest BCUT2D eigenvalue weighted by Gasteiger charge is -2.08. The molecule has 0 bridgehead atoms. The van der Waals surface area contributed by atoms with Crippen LogP contribution in [0.4, 0.5) is 16.4 Å². The highest BCUT2D eigenvalue weighted by molar-refractivity contribution is 7.88. The number of nitrogens with zero attached hydrogens (tertiary/aromatic N) is 4. The summed E-state index contributed by atoms with van der Waals surface area (Å²) in [5.74, 6) is 0.600. The molecule has 2 aliphatic carbocycles. The zero-order chi connectivity index (χ0) is 35.1.